The number of nitrogens with one attached hydrogen (secondary N) is 1. The fraction of sp³-hybridized carbons (Fsp3) is 0.632. The van der Waals surface area contributed by atoms with Crippen LogP contribution in [0.1, 0.15) is 50.5 Å². The van der Waals surface area contributed by atoms with E-state index in [1.807, 2.05) is 12.1 Å². The lowest BCUT2D eigenvalue weighted by molar-refractivity contribution is -0.121. The third kappa shape index (κ3) is 5.69. The number of benzene rings is 1. The zero-order valence-electron chi connectivity index (χ0n) is 14.7. The predicted molar refractivity (Wildman–Crippen MR) is 99.8 cm³/mol. The van der Waals surface area contributed by atoms with Gasteiger partial charge in [0.25, 0.3) is 0 Å². The van der Waals surface area contributed by atoms with Gasteiger partial charge < -0.3 is 14.8 Å². The summed E-state index contributed by atoms with van der Waals surface area (Å²) < 4.78 is 11.6. The lowest BCUT2D eigenvalue weighted by Crippen LogP contribution is -2.26. The van der Waals surface area contributed by atoms with Crippen molar-refractivity contribution in [1.82, 2.24) is 5.32 Å². The van der Waals surface area contributed by atoms with Crippen LogP contribution in [0.4, 0.5) is 0 Å². The normalized spacial score (nSPS) is 15.1. The van der Waals surface area contributed by atoms with Crippen molar-refractivity contribution in [3.05, 3.63) is 22.2 Å². The molecule has 1 aromatic carbocycles. The van der Waals surface area contributed by atoms with Gasteiger partial charge in [0.05, 0.1) is 14.2 Å². The molecule has 24 heavy (non-hydrogen) atoms. The van der Waals surface area contributed by atoms with Crippen LogP contribution in [-0.2, 0) is 11.2 Å². The Labute approximate surface area is 153 Å². The number of hydrogen-bond donors (Lipinski definition) is 1. The van der Waals surface area contributed by atoms with E-state index in [-0.39, 0.29) is 5.91 Å². The molecule has 5 heteroatoms. The van der Waals surface area contributed by atoms with Crippen LogP contribution in [0.15, 0.2) is 16.6 Å². The molecule has 4 nitrogen and oxygen atoms in total. The molecule has 1 fully saturated rings. The molecule has 1 amide bonds. The van der Waals surface area contributed by atoms with Crippen LogP contribution < -0.4 is 14.8 Å². The molecule has 0 aromatic heterocycles. The van der Waals surface area contributed by atoms with E-state index in [4.69, 9.17) is 9.47 Å². The molecule has 134 valence electrons. The largest absolute Gasteiger partial charge is 0.493 e. The average Bonchev–Trinajstić information content (AvgIpc) is 2.61. The van der Waals surface area contributed by atoms with Crippen molar-refractivity contribution >= 4 is 21.8 Å². The second-order valence-electron chi connectivity index (χ2n) is 6.44. The topological polar surface area (TPSA) is 47.6 Å². The fourth-order valence-corrected chi connectivity index (χ4v) is 3.84. The van der Waals surface area contributed by atoms with E-state index in [2.05, 4.69) is 21.2 Å². The van der Waals surface area contributed by atoms with E-state index < -0.39 is 0 Å². The number of methoxy groups -OCH3 is 2. The van der Waals surface area contributed by atoms with Gasteiger partial charge in [-0.15, -0.1) is 0 Å². The molecule has 0 unspecified atom stereocenters. The van der Waals surface area contributed by atoms with E-state index in [9.17, 15) is 4.79 Å². The number of halogens is 1. The van der Waals surface area contributed by atoms with Crippen molar-refractivity contribution in [2.75, 3.05) is 20.8 Å². The van der Waals surface area contributed by atoms with Crippen molar-refractivity contribution < 1.29 is 14.3 Å². The quantitative estimate of drug-likeness (QED) is 0.702. The zero-order chi connectivity index (χ0) is 17.4. The highest BCUT2D eigenvalue weighted by atomic mass is 79.9. The van der Waals surface area contributed by atoms with Gasteiger partial charge in [-0.25, -0.2) is 0 Å². The van der Waals surface area contributed by atoms with Crippen molar-refractivity contribution in [2.24, 2.45) is 5.92 Å². The lowest BCUT2D eigenvalue weighted by Gasteiger charge is -2.21. The predicted octanol–water partition coefficient (Wildman–Crippen LogP) is 4.49. The third-order valence-electron chi connectivity index (χ3n) is 4.77. The minimum absolute atomic E-state index is 0.164. The minimum atomic E-state index is 0.164. The van der Waals surface area contributed by atoms with E-state index >= 15 is 0 Å². The molecule has 0 spiro atoms. The van der Waals surface area contributed by atoms with Gasteiger partial charge in [0.15, 0.2) is 11.5 Å². The maximum atomic E-state index is 12.0. The summed E-state index contributed by atoms with van der Waals surface area (Å²) in [7, 11) is 3.25. The second-order valence-corrected chi connectivity index (χ2v) is 7.30. The van der Waals surface area contributed by atoms with Gasteiger partial charge in [-0.3, -0.25) is 4.79 Å². The highest BCUT2D eigenvalue weighted by Gasteiger charge is 2.15. The molecule has 1 aliphatic carbocycles. The molecule has 0 radical (unpaired) electrons. The van der Waals surface area contributed by atoms with Crippen LogP contribution in [0.3, 0.4) is 0 Å². The number of hydrogen-bond acceptors (Lipinski definition) is 3. The summed E-state index contributed by atoms with van der Waals surface area (Å²) in [5.41, 5.74) is 1.10. The maximum Gasteiger partial charge on any atom is 0.220 e. The van der Waals surface area contributed by atoms with E-state index in [0.29, 0.717) is 24.5 Å². The Hall–Kier alpha value is -1.23. The molecule has 2 rings (SSSR count). The molecule has 0 saturated heterocycles. The molecular weight excluding hydrogens is 370 g/mol. The molecule has 0 atom stereocenters. The van der Waals surface area contributed by atoms with Gasteiger partial charge in [-0.1, -0.05) is 48.0 Å². The standard InChI is InChI=1S/C19H28BrNO3/c1-23-17-12-15(16(20)13-18(17)24-2)10-11-21-19(22)9-8-14-6-4-3-5-7-14/h12-14H,3-11H2,1-2H3,(H,21,22). The number of ether oxygens (including phenoxy) is 2. The first-order chi connectivity index (χ1) is 11.6. The SMILES string of the molecule is COc1cc(Br)c(CCNC(=O)CCC2CCCCC2)cc1OC. The number of rotatable bonds is 8. The van der Waals surface area contributed by atoms with Crippen LogP contribution in [0, 0.1) is 5.92 Å². The number of amides is 1. The van der Waals surface area contributed by atoms with Crippen LogP contribution in [0.2, 0.25) is 0 Å². The van der Waals surface area contributed by atoms with Gasteiger partial charge in [0, 0.05) is 17.4 Å². The van der Waals surface area contributed by atoms with Crippen molar-refractivity contribution in [3.8, 4) is 11.5 Å². The summed E-state index contributed by atoms with van der Waals surface area (Å²) in [5.74, 6) is 2.32. The first-order valence-electron chi connectivity index (χ1n) is 8.81. The first-order valence-corrected chi connectivity index (χ1v) is 9.60. The minimum Gasteiger partial charge on any atom is -0.493 e. The summed E-state index contributed by atoms with van der Waals surface area (Å²) in [4.78, 5) is 12.0. The monoisotopic (exact) mass is 397 g/mol. The fourth-order valence-electron chi connectivity index (χ4n) is 3.32. The Kier molecular flexibility index (Phi) is 7.89. The average molecular weight is 398 g/mol. The Morgan fingerprint density at radius 3 is 2.50 bits per heavy atom. The molecule has 0 aliphatic heterocycles. The number of carbonyl (C=O) groups excluding carboxylic acids is 1. The first kappa shape index (κ1) is 19.1. The van der Waals surface area contributed by atoms with E-state index in [0.717, 1.165) is 28.8 Å². The lowest BCUT2D eigenvalue weighted by atomic mass is 9.86. The third-order valence-corrected chi connectivity index (χ3v) is 5.51. The van der Waals surface area contributed by atoms with Crippen molar-refractivity contribution in [2.45, 2.75) is 51.4 Å². The maximum absolute atomic E-state index is 12.0. The van der Waals surface area contributed by atoms with Crippen molar-refractivity contribution in [3.63, 3.8) is 0 Å². The molecular formula is C19H28BrNO3. The van der Waals surface area contributed by atoms with Crippen LogP contribution in [0.25, 0.3) is 0 Å². The van der Waals surface area contributed by atoms with Gasteiger partial charge in [-0.2, -0.15) is 0 Å². The van der Waals surface area contributed by atoms with E-state index in [1.165, 1.54) is 32.1 Å². The van der Waals surface area contributed by atoms with Gasteiger partial charge >= 0.3 is 0 Å². The molecule has 0 bridgehead atoms. The van der Waals surface area contributed by atoms with Gasteiger partial charge in [-0.05, 0) is 36.5 Å². The summed E-state index contributed by atoms with van der Waals surface area (Å²) in [6, 6.07) is 3.86. The molecule has 1 aromatic rings. The molecule has 0 heterocycles. The summed E-state index contributed by atoms with van der Waals surface area (Å²) >= 11 is 3.55. The molecule has 1 N–H and O–H groups in total. The van der Waals surface area contributed by atoms with Crippen molar-refractivity contribution in [1.29, 1.82) is 0 Å². The zero-order valence-corrected chi connectivity index (χ0v) is 16.3. The summed E-state index contributed by atoms with van der Waals surface area (Å²) in [6.07, 6.45) is 9.07. The van der Waals surface area contributed by atoms with Gasteiger partial charge in [0.2, 0.25) is 5.91 Å². The Morgan fingerprint density at radius 1 is 1.17 bits per heavy atom. The Bertz CT molecular complexity index is 542. The molecule has 1 saturated carbocycles. The number of carbonyl (C=O) groups is 1. The summed E-state index contributed by atoms with van der Waals surface area (Å²) in [5, 5.41) is 3.03. The summed E-state index contributed by atoms with van der Waals surface area (Å²) in [6.45, 7) is 0.636. The van der Waals surface area contributed by atoms with Crippen LogP contribution >= 0.6 is 15.9 Å². The Morgan fingerprint density at radius 2 is 1.83 bits per heavy atom. The molecule has 1 aliphatic rings. The smallest absolute Gasteiger partial charge is 0.220 e. The highest BCUT2D eigenvalue weighted by molar-refractivity contribution is 9.10. The highest BCUT2D eigenvalue weighted by Crippen LogP contribution is 2.33. The van der Waals surface area contributed by atoms with Crippen LogP contribution in [0.5, 0.6) is 11.5 Å². The van der Waals surface area contributed by atoms with Gasteiger partial charge in [0.1, 0.15) is 0 Å². The van der Waals surface area contributed by atoms with Crippen LogP contribution in [-0.4, -0.2) is 26.7 Å². The second kappa shape index (κ2) is 9.92. The van der Waals surface area contributed by atoms with E-state index in [1.54, 1.807) is 14.2 Å². The Balaban J connectivity index is 1.75.